The maximum atomic E-state index is 12.3. The highest BCUT2D eigenvalue weighted by atomic mass is 16.6. The molecule has 0 saturated carbocycles. The highest BCUT2D eigenvalue weighted by Gasteiger charge is 2.25. The number of nitrogens with one attached hydrogen (secondary N) is 2. The average Bonchev–Trinajstić information content (AvgIpc) is 2.72. The van der Waals surface area contributed by atoms with Crippen LogP contribution in [-0.4, -0.2) is 20.8 Å². The summed E-state index contributed by atoms with van der Waals surface area (Å²) in [6, 6.07) is 14.1. The Hall–Kier alpha value is -4.01. The molecule has 1 amide bonds. The van der Waals surface area contributed by atoms with Crippen molar-refractivity contribution in [1.29, 1.82) is 0 Å². The minimum atomic E-state index is -0.668. The Balaban J connectivity index is 1.79. The summed E-state index contributed by atoms with van der Waals surface area (Å²) in [7, 11) is 0. The number of rotatable bonds is 7. The number of hydrazine groups is 1. The monoisotopic (exact) mass is 407 g/mol. The molecule has 0 spiro atoms. The van der Waals surface area contributed by atoms with Crippen LogP contribution < -0.4 is 15.6 Å². The molecule has 30 heavy (non-hydrogen) atoms. The molecule has 0 saturated heterocycles. The zero-order chi connectivity index (χ0) is 21.7. The number of nitrogens with zero attached hydrogens (tertiary/aromatic N) is 3. The van der Waals surface area contributed by atoms with Crippen LogP contribution in [0.4, 0.5) is 11.5 Å². The molecule has 0 atom stereocenters. The summed E-state index contributed by atoms with van der Waals surface area (Å²) >= 11 is 0. The van der Waals surface area contributed by atoms with Gasteiger partial charge in [0.05, 0.1) is 4.92 Å². The Labute approximate surface area is 173 Å². The Kier molecular flexibility index (Phi) is 6.21. The van der Waals surface area contributed by atoms with Crippen LogP contribution in [0.5, 0.6) is 11.6 Å². The lowest BCUT2D eigenvalue weighted by Gasteiger charge is -2.11. The molecule has 2 N–H and O–H groups in total. The van der Waals surface area contributed by atoms with Gasteiger partial charge in [-0.05, 0) is 42.7 Å². The first-order chi connectivity index (χ1) is 14.3. The van der Waals surface area contributed by atoms with Gasteiger partial charge in [-0.15, -0.1) is 0 Å². The maximum absolute atomic E-state index is 12.3. The molecule has 0 bridgehead atoms. The number of carbonyl (C=O) groups is 1. The zero-order valence-corrected chi connectivity index (χ0v) is 16.7. The van der Waals surface area contributed by atoms with Crippen molar-refractivity contribution in [2.45, 2.75) is 26.7 Å². The molecule has 1 aromatic heterocycles. The number of carbonyl (C=O) groups excluding carboxylic acids is 1. The normalized spacial score (nSPS) is 10.5. The second-order valence-corrected chi connectivity index (χ2v) is 6.90. The number of aryl methyl sites for hydroxylation is 1. The predicted molar refractivity (Wildman–Crippen MR) is 112 cm³/mol. The summed E-state index contributed by atoms with van der Waals surface area (Å²) in [5.41, 5.74) is 6.91. The number of nitro groups is 1. The van der Waals surface area contributed by atoms with Gasteiger partial charge in [0.2, 0.25) is 5.82 Å². The van der Waals surface area contributed by atoms with Gasteiger partial charge in [0.25, 0.3) is 5.91 Å². The van der Waals surface area contributed by atoms with E-state index in [2.05, 4.69) is 34.7 Å². The number of amides is 1. The van der Waals surface area contributed by atoms with Crippen LogP contribution in [0.2, 0.25) is 0 Å². The molecule has 0 radical (unpaired) electrons. The van der Waals surface area contributed by atoms with Gasteiger partial charge < -0.3 is 4.74 Å². The number of hydrogen-bond acceptors (Lipinski definition) is 7. The van der Waals surface area contributed by atoms with Crippen molar-refractivity contribution in [3.8, 4) is 11.6 Å². The molecule has 0 unspecified atom stereocenters. The quantitative estimate of drug-likeness (QED) is 0.441. The smallest absolute Gasteiger partial charge is 0.374 e. The molecule has 0 fully saturated rings. The van der Waals surface area contributed by atoms with E-state index in [1.165, 1.54) is 0 Å². The van der Waals surface area contributed by atoms with Gasteiger partial charge in [0, 0.05) is 5.56 Å². The van der Waals surface area contributed by atoms with Crippen molar-refractivity contribution in [2.24, 2.45) is 0 Å². The fraction of sp³-hybridized carbons (Fsp3) is 0.190. The molecule has 154 valence electrons. The largest absolute Gasteiger partial charge is 0.434 e. The molecule has 2 aromatic carbocycles. The van der Waals surface area contributed by atoms with E-state index in [9.17, 15) is 14.9 Å². The van der Waals surface area contributed by atoms with Crippen molar-refractivity contribution in [3.63, 3.8) is 0 Å². The number of benzene rings is 2. The molecule has 9 heteroatoms. The Morgan fingerprint density at radius 1 is 1.07 bits per heavy atom. The molecule has 0 aliphatic carbocycles. The molecule has 1 heterocycles. The summed E-state index contributed by atoms with van der Waals surface area (Å²) < 4.78 is 5.61. The third kappa shape index (κ3) is 4.88. The van der Waals surface area contributed by atoms with E-state index in [1.807, 2.05) is 19.1 Å². The van der Waals surface area contributed by atoms with Crippen LogP contribution in [0.3, 0.4) is 0 Å². The number of anilines is 1. The van der Waals surface area contributed by atoms with Gasteiger partial charge in [0.1, 0.15) is 12.1 Å². The van der Waals surface area contributed by atoms with Gasteiger partial charge in [0.15, 0.2) is 0 Å². The SMILES string of the molecule is Cc1ccc(C(=O)NNc2ncnc(Oc3ccc(C(C)C)cc3)c2[N+](=O)[O-])cc1. The van der Waals surface area contributed by atoms with Gasteiger partial charge in [-0.2, -0.15) is 4.98 Å². The van der Waals surface area contributed by atoms with E-state index in [0.29, 0.717) is 17.2 Å². The minimum Gasteiger partial charge on any atom is -0.434 e. The van der Waals surface area contributed by atoms with Gasteiger partial charge in [-0.3, -0.25) is 25.8 Å². The van der Waals surface area contributed by atoms with Crippen molar-refractivity contribution in [2.75, 3.05) is 5.43 Å². The van der Waals surface area contributed by atoms with E-state index in [0.717, 1.165) is 17.5 Å². The number of hydrogen-bond donors (Lipinski definition) is 2. The first-order valence-corrected chi connectivity index (χ1v) is 9.25. The van der Waals surface area contributed by atoms with Crippen molar-refractivity contribution in [1.82, 2.24) is 15.4 Å². The molecular weight excluding hydrogens is 386 g/mol. The number of ether oxygens (including phenoxy) is 1. The Morgan fingerprint density at radius 2 is 1.73 bits per heavy atom. The van der Waals surface area contributed by atoms with Crippen LogP contribution in [0.1, 0.15) is 41.3 Å². The highest BCUT2D eigenvalue weighted by Crippen LogP contribution is 2.34. The second kappa shape index (κ2) is 8.99. The summed E-state index contributed by atoms with van der Waals surface area (Å²) in [5, 5.41) is 11.6. The molecule has 3 rings (SSSR count). The average molecular weight is 407 g/mol. The van der Waals surface area contributed by atoms with E-state index >= 15 is 0 Å². The summed E-state index contributed by atoms with van der Waals surface area (Å²) in [6.07, 6.45) is 1.12. The molecule has 0 aliphatic heterocycles. The minimum absolute atomic E-state index is 0.190. The van der Waals surface area contributed by atoms with Crippen molar-refractivity contribution >= 4 is 17.4 Å². The van der Waals surface area contributed by atoms with Crippen LogP contribution in [0.25, 0.3) is 0 Å². The van der Waals surface area contributed by atoms with Crippen LogP contribution in [-0.2, 0) is 0 Å². The molecular formula is C21H21N5O4. The lowest BCUT2D eigenvalue weighted by atomic mass is 10.0. The summed E-state index contributed by atoms with van der Waals surface area (Å²) in [4.78, 5) is 30.9. The second-order valence-electron chi connectivity index (χ2n) is 6.90. The Bertz CT molecular complexity index is 1050. The van der Waals surface area contributed by atoms with Crippen molar-refractivity contribution in [3.05, 3.63) is 81.7 Å². The van der Waals surface area contributed by atoms with Gasteiger partial charge in [-0.1, -0.05) is 43.7 Å². The fourth-order valence-corrected chi connectivity index (χ4v) is 2.62. The third-order valence-corrected chi connectivity index (χ3v) is 4.34. The van der Waals surface area contributed by atoms with Gasteiger partial charge in [-0.25, -0.2) is 4.98 Å². The van der Waals surface area contributed by atoms with Crippen LogP contribution in [0.15, 0.2) is 54.9 Å². The third-order valence-electron chi connectivity index (χ3n) is 4.34. The van der Waals surface area contributed by atoms with Crippen LogP contribution in [0, 0.1) is 17.0 Å². The maximum Gasteiger partial charge on any atom is 0.374 e. The lowest BCUT2D eigenvalue weighted by Crippen LogP contribution is -2.30. The van der Waals surface area contributed by atoms with E-state index in [-0.39, 0.29) is 11.7 Å². The molecule has 9 nitrogen and oxygen atoms in total. The zero-order valence-electron chi connectivity index (χ0n) is 16.7. The Morgan fingerprint density at radius 3 is 2.33 bits per heavy atom. The summed E-state index contributed by atoms with van der Waals surface area (Å²) in [5.74, 6) is -0.144. The molecule has 3 aromatic rings. The molecule has 0 aliphatic rings. The first kappa shape index (κ1) is 20.7. The fourth-order valence-electron chi connectivity index (χ4n) is 2.62. The van der Waals surface area contributed by atoms with E-state index < -0.39 is 16.5 Å². The van der Waals surface area contributed by atoms with Crippen LogP contribution >= 0.6 is 0 Å². The van der Waals surface area contributed by atoms with E-state index in [4.69, 9.17) is 4.74 Å². The topological polar surface area (TPSA) is 119 Å². The standard InChI is InChI=1S/C21H21N5O4/c1-13(2)15-8-10-17(11-9-15)30-21-18(26(28)29)19(22-12-23-21)24-25-20(27)16-6-4-14(3)5-7-16/h4-13H,1-3H3,(H,25,27)(H,22,23,24). The first-order valence-electron chi connectivity index (χ1n) is 9.25. The number of aromatic nitrogens is 2. The lowest BCUT2D eigenvalue weighted by molar-refractivity contribution is -0.385. The summed E-state index contributed by atoms with van der Waals surface area (Å²) in [6.45, 7) is 6.03. The highest BCUT2D eigenvalue weighted by molar-refractivity contribution is 5.95. The van der Waals surface area contributed by atoms with E-state index in [1.54, 1.807) is 36.4 Å². The van der Waals surface area contributed by atoms with Gasteiger partial charge >= 0.3 is 11.6 Å². The predicted octanol–water partition coefficient (Wildman–Crippen LogP) is 4.37. The van der Waals surface area contributed by atoms with Crippen molar-refractivity contribution < 1.29 is 14.5 Å².